The number of halogens is 1. The molecule has 0 spiro atoms. The van der Waals surface area contributed by atoms with Crippen molar-refractivity contribution in [1.29, 1.82) is 0 Å². The normalized spacial score (nSPS) is 17.6. The van der Waals surface area contributed by atoms with Crippen molar-refractivity contribution in [3.8, 4) is 0 Å². The molecule has 0 saturated carbocycles. The lowest BCUT2D eigenvalue weighted by Gasteiger charge is -2.22. The second kappa shape index (κ2) is 7.79. The molecule has 4 heteroatoms. The van der Waals surface area contributed by atoms with Crippen molar-refractivity contribution in [1.82, 2.24) is 10.2 Å². The maximum Gasteiger partial charge on any atom is 0.236 e. The average molecular weight is 339 g/mol. The molecule has 110 valence electrons. The van der Waals surface area contributed by atoms with Crippen molar-refractivity contribution >= 4 is 21.8 Å². The quantitative estimate of drug-likeness (QED) is 0.911. The Morgan fingerprint density at radius 1 is 1.20 bits per heavy atom. The molecule has 1 aliphatic heterocycles. The van der Waals surface area contributed by atoms with E-state index >= 15 is 0 Å². The third-order valence-corrected chi connectivity index (χ3v) is 4.42. The summed E-state index contributed by atoms with van der Waals surface area (Å²) in [5.41, 5.74) is 1.21. The molecule has 1 amide bonds. The monoisotopic (exact) mass is 338 g/mol. The Morgan fingerprint density at radius 3 is 2.40 bits per heavy atom. The molecular weight excluding hydrogens is 316 g/mol. The molecule has 1 heterocycles. The van der Waals surface area contributed by atoms with E-state index in [2.05, 4.69) is 40.3 Å². The molecule has 0 unspecified atom stereocenters. The van der Waals surface area contributed by atoms with E-state index in [4.69, 9.17) is 0 Å². The number of hydrogen-bond acceptors (Lipinski definition) is 2. The van der Waals surface area contributed by atoms with Crippen LogP contribution in [0, 0.1) is 0 Å². The zero-order valence-corrected chi connectivity index (χ0v) is 13.7. The third-order valence-electron chi connectivity index (χ3n) is 3.89. The van der Waals surface area contributed by atoms with E-state index in [1.54, 1.807) is 0 Å². The molecule has 1 aliphatic rings. The third kappa shape index (κ3) is 4.60. The first-order valence-corrected chi connectivity index (χ1v) is 8.23. The first kappa shape index (κ1) is 15.5. The zero-order valence-electron chi connectivity index (χ0n) is 12.1. The fourth-order valence-electron chi connectivity index (χ4n) is 2.54. The van der Waals surface area contributed by atoms with Crippen molar-refractivity contribution in [2.24, 2.45) is 0 Å². The molecule has 1 aromatic carbocycles. The molecule has 0 bridgehead atoms. The number of nitrogens with zero attached hydrogens (tertiary/aromatic N) is 1. The largest absolute Gasteiger partial charge is 0.342 e. The van der Waals surface area contributed by atoms with Gasteiger partial charge in [-0.25, -0.2) is 0 Å². The Labute approximate surface area is 129 Å². The molecule has 1 fully saturated rings. The summed E-state index contributed by atoms with van der Waals surface area (Å²) in [6.45, 7) is 4.37. The Balaban J connectivity index is 1.81. The SMILES string of the molecule is C[C@H](NCC(=O)N1CCCCCC1)c1ccc(Br)cc1. The van der Waals surface area contributed by atoms with Crippen molar-refractivity contribution in [3.05, 3.63) is 34.3 Å². The van der Waals surface area contributed by atoms with Crippen LogP contribution in [0.15, 0.2) is 28.7 Å². The predicted octanol–water partition coefficient (Wildman–Crippen LogP) is 3.50. The molecule has 1 atom stereocenters. The molecule has 3 nitrogen and oxygen atoms in total. The average Bonchev–Trinajstić information content (AvgIpc) is 2.74. The second-order valence-electron chi connectivity index (χ2n) is 5.45. The first-order chi connectivity index (χ1) is 9.66. The van der Waals surface area contributed by atoms with Crippen molar-refractivity contribution in [2.45, 2.75) is 38.6 Å². The van der Waals surface area contributed by atoms with Gasteiger partial charge in [0.1, 0.15) is 0 Å². The van der Waals surface area contributed by atoms with Gasteiger partial charge < -0.3 is 10.2 Å². The summed E-state index contributed by atoms with van der Waals surface area (Å²) in [6.07, 6.45) is 4.81. The minimum absolute atomic E-state index is 0.194. The highest BCUT2D eigenvalue weighted by atomic mass is 79.9. The lowest BCUT2D eigenvalue weighted by Crippen LogP contribution is -2.39. The molecule has 20 heavy (non-hydrogen) atoms. The molecule has 0 aliphatic carbocycles. The van der Waals surface area contributed by atoms with Gasteiger partial charge in [-0.1, -0.05) is 40.9 Å². The van der Waals surface area contributed by atoms with Crippen molar-refractivity contribution in [2.75, 3.05) is 19.6 Å². The zero-order chi connectivity index (χ0) is 14.4. The number of nitrogens with one attached hydrogen (secondary N) is 1. The summed E-state index contributed by atoms with van der Waals surface area (Å²) in [6, 6.07) is 8.42. The molecule has 1 aromatic rings. The van der Waals surface area contributed by atoms with Crippen LogP contribution in [0.2, 0.25) is 0 Å². The molecule has 1 N–H and O–H groups in total. The van der Waals surface area contributed by atoms with Gasteiger partial charge in [-0.3, -0.25) is 4.79 Å². The van der Waals surface area contributed by atoms with E-state index in [1.165, 1.54) is 18.4 Å². The highest BCUT2D eigenvalue weighted by molar-refractivity contribution is 9.10. The van der Waals surface area contributed by atoms with Gasteiger partial charge in [-0.15, -0.1) is 0 Å². The van der Waals surface area contributed by atoms with Crippen LogP contribution in [0.25, 0.3) is 0 Å². The van der Waals surface area contributed by atoms with Gasteiger partial charge in [0.25, 0.3) is 0 Å². The van der Waals surface area contributed by atoms with Crippen LogP contribution in [0.4, 0.5) is 0 Å². The Bertz CT molecular complexity index is 425. The predicted molar refractivity (Wildman–Crippen MR) is 85.6 cm³/mol. The van der Waals surface area contributed by atoms with Crippen LogP contribution in [-0.4, -0.2) is 30.4 Å². The van der Waals surface area contributed by atoms with E-state index in [9.17, 15) is 4.79 Å². The topological polar surface area (TPSA) is 32.3 Å². The van der Waals surface area contributed by atoms with Gasteiger partial charge in [-0.05, 0) is 37.5 Å². The summed E-state index contributed by atoms with van der Waals surface area (Å²) in [5.74, 6) is 0.232. The van der Waals surface area contributed by atoms with Gasteiger partial charge in [0, 0.05) is 23.6 Å². The molecule has 0 radical (unpaired) electrons. The van der Waals surface area contributed by atoms with Crippen LogP contribution < -0.4 is 5.32 Å². The number of benzene rings is 1. The lowest BCUT2D eigenvalue weighted by atomic mass is 10.1. The van der Waals surface area contributed by atoms with Gasteiger partial charge >= 0.3 is 0 Å². The summed E-state index contributed by atoms with van der Waals surface area (Å²) in [4.78, 5) is 14.2. The summed E-state index contributed by atoms with van der Waals surface area (Å²) < 4.78 is 1.08. The van der Waals surface area contributed by atoms with Crippen molar-refractivity contribution < 1.29 is 4.79 Å². The maximum absolute atomic E-state index is 12.2. The van der Waals surface area contributed by atoms with E-state index in [1.807, 2.05) is 17.0 Å². The summed E-state index contributed by atoms with van der Waals surface area (Å²) in [5, 5.41) is 3.33. The van der Waals surface area contributed by atoms with Crippen LogP contribution in [0.1, 0.15) is 44.2 Å². The van der Waals surface area contributed by atoms with Gasteiger partial charge in [0.15, 0.2) is 0 Å². The van der Waals surface area contributed by atoms with Crippen LogP contribution >= 0.6 is 15.9 Å². The minimum atomic E-state index is 0.194. The Morgan fingerprint density at radius 2 is 1.80 bits per heavy atom. The van der Waals surface area contributed by atoms with Crippen LogP contribution in [0.5, 0.6) is 0 Å². The Kier molecular flexibility index (Phi) is 6.05. The van der Waals surface area contributed by atoms with E-state index in [0.717, 1.165) is 30.4 Å². The van der Waals surface area contributed by atoms with E-state index in [0.29, 0.717) is 6.54 Å². The Hall–Kier alpha value is -0.870. The van der Waals surface area contributed by atoms with E-state index in [-0.39, 0.29) is 11.9 Å². The van der Waals surface area contributed by atoms with Gasteiger partial charge in [-0.2, -0.15) is 0 Å². The second-order valence-corrected chi connectivity index (χ2v) is 6.36. The number of rotatable bonds is 4. The maximum atomic E-state index is 12.2. The summed E-state index contributed by atoms with van der Waals surface area (Å²) in [7, 11) is 0. The van der Waals surface area contributed by atoms with Crippen molar-refractivity contribution in [3.63, 3.8) is 0 Å². The number of amides is 1. The number of carbonyl (C=O) groups is 1. The highest BCUT2D eigenvalue weighted by Gasteiger charge is 2.16. The minimum Gasteiger partial charge on any atom is -0.342 e. The molecular formula is C16H23BrN2O. The van der Waals surface area contributed by atoms with Crippen LogP contribution in [0.3, 0.4) is 0 Å². The molecule has 0 aromatic heterocycles. The fraction of sp³-hybridized carbons (Fsp3) is 0.562. The standard InChI is InChI=1S/C16H23BrN2O/c1-13(14-6-8-15(17)9-7-14)18-12-16(20)19-10-4-2-3-5-11-19/h6-9,13,18H,2-5,10-12H2,1H3/t13-/m0/s1. The lowest BCUT2D eigenvalue weighted by molar-refractivity contribution is -0.130. The molecule has 1 saturated heterocycles. The van der Waals surface area contributed by atoms with Gasteiger partial charge in [0.2, 0.25) is 5.91 Å². The highest BCUT2D eigenvalue weighted by Crippen LogP contribution is 2.16. The van der Waals surface area contributed by atoms with E-state index < -0.39 is 0 Å². The summed E-state index contributed by atoms with van der Waals surface area (Å²) >= 11 is 3.44. The first-order valence-electron chi connectivity index (χ1n) is 7.43. The number of hydrogen-bond donors (Lipinski definition) is 1. The number of carbonyl (C=O) groups excluding carboxylic acids is 1. The smallest absolute Gasteiger partial charge is 0.236 e. The fourth-order valence-corrected chi connectivity index (χ4v) is 2.81. The molecule has 2 rings (SSSR count). The van der Waals surface area contributed by atoms with Crippen LogP contribution in [-0.2, 0) is 4.79 Å². The number of likely N-dealkylation sites (tertiary alicyclic amines) is 1. The van der Waals surface area contributed by atoms with Gasteiger partial charge in [0.05, 0.1) is 6.54 Å².